The fourth-order valence-corrected chi connectivity index (χ4v) is 2.03. The van der Waals surface area contributed by atoms with Crippen molar-refractivity contribution < 1.29 is 9.53 Å². The smallest absolute Gasteiger partial charge is 0.315 e. The molecule has 0 amide bonds. The minimum absolute atomic E-state index is 0.168. The molecule has 16 heavy (non-hydrogen) atoms. The van der Waals surface area contributed by atoms with Crippen LogP contribution < -0.4 is 4.74 Å². The molecule has 2 nitrogen and oxygen atoms in total. The Morgan fingerprint density at radius 3 is 2.56 bits per heavy atom. The van der Waals surface area contributed by atoms with Crippen LogP contribution in [0.15, 0.2) is 48.5 Å². The number of ether oxygens (including phenoxy) is 1. The van der Waals surface area contributed by atoms with Crippen LogP contribution in [0, 0.1) is 0 Å². The molecule has 1 aliphatic heterocycles. The zero-order chi connectivity index (χ0) is 11.0. The average Bonchev–Trinajstić information content (AvgIpc) is 2.70. The predicted molar refractivity (Wildman–Crippen MR) is 61.2 cm³/mol. The van der Waals surface area contributed by atoms with Crippen LogP contribution in [0.1, 0.15) is 5.56 Å². The second-order valence-corrected chi connectivity index (χ2v) is 3.80. The maximum Gasteiger partial charge on any atom is 0.315 e. The van der Waals surface area contributed by atoms with Crippen molar-refractivity contribution in [1.82, 2.24) is 0 Å². The number of fused-ring (bicyclic) bond motifs is 1. The molecule has 0 radical (unpaired) electrons. The average molecular weight is 210 g/mol. The SMILES string of the molecule is O=C1Cc2c(cccc2-c2ccccc2)O1. The van der Waals surface area contributed by atoms with E-state index in [2.05, 4.69) is 0 Å². The second kappa shape index (κ2) is 3.49. The van der Waals surface area contributed by atoms with Gasteiger partial charge in [0.1, 0.15) is 5.75 Å². The van der Waals surface area contributed by atoms with E-state index in [1.807, 2.05) is 48.5 Å². The normalized spacial score (nSPS) is 13.4. The van der Waals surface area contributed by atoms with Gasteiger partial charge in [-0.05, 0) is 17.2 Å². The number of rotatable bonds is 1. The Morgan fingerprint density at radius 1 is 0.938 bits per heavy atom. The minimum Gasteiger partial charge on any atom is -0.426 e. The summed E-state index contributed by atoms with van der Waals surface area (Å²) in [6.45, 7) is 0. The van der Waals surface area contributed by atoms with Crippen molar-refractivity contribution in [3.8, 4) is 16.9 Å². The van der Waals surface area contributed by atoms with Crippen molar-refractivity contribution in [3.63, 3.8) is 0 Å². The van der Waals surface area contributed by atoms with Gasteiger partial charge in [0.25, 0.3) is 0 Å². The Labute approximate surface area is 93.5 Å². The third-order valence-electron chi connectivity index (χ3n) is 2.76. The zero-order valence-electron chi connectivity index (χ0n) is 8.64. The van der Waals surface area contributed by atoms with Crippen molar-refractivity contribution in [2.24, 2.45) is 0 Å². The monoisotopic (exact) mass is 210 g/mol. The van der Waals surface area contributed by atoms with Crippen molar-refractivity contribution in [1.29, 1.82) is 0 Å². The molecule has 0 N–H and O–H groups in total. The van der Waals surface area contributed by atoms with E-state index in [4.69, 9.17) is 4.74 Å². The molecule has 0 fully saturated rings. The highest BCUT2D eigenvalue weighted by Crippen LogP contribution is 2.34. The highest BCUT2D eigenvalue weighted by Gasteiger charge is 2.23. The molecular formula is C14H10O2. The quantitative estimate of drug-likeness (QED) is 0.534. The summed E-state index contributed by atoms with van der Waals surface area (Å²) in [6.07, 6.45) is 0.375. The van der Waals surface area contributed by atoms with Gasteiger partial charge in [0.05, 0.1) is 6.42 Å². The van der Waals surface area contributed by atoms with Gasteiger partial charge in [0.15, 0.2) is 0 Å². The molecule has 2 aromatic carbocycles. The lowest BCUT2D eigenvalue weighted by Gasteiger charge is -2.05. The van der Waals surface area contributed by atoms with Crippen LogP contribution in [0.25, 0.3) is 11.1 Å². The first-order valence-electron chi connectivity index (χ1n) is 5.22. The Balaban J connectivity index is 2.17. The lowest BCUT2D eigenvalue weighted by molar-refractivity contribution is -0.131. The minimum atomic E-state index is -0.168. The molecule has 0 atom stereocenters. The molecule has 0 saturated heterocycles. The molecule has 0 aromatic heterocycles. The summed E-state index contributed by atoms with van der Waals surface area (Å²) in [6, 6.07) is 15.8. The number of esters is 1. The fourth-order valence-electron chi connectivity index (χ4n) is 2.03. The lowest BCUT2D eigenvalue weighted by Crippen LogP contribution is -2.00. The highest BCUT2D eigenvalue weighted by molar-refractivity contribution is 5.86. The van der Waals surface area contributed by atoms with Gasteiger partial charge in [0, 0.05) is 5.56 Å². The van der Waals surface area contributed by atoms with E-state index >= 15 is 0 Å². The van der Waals surface area contributed by atoms with Gasteiger partial charge >= 0.3 is 5.97 Å². The Morgan fingerprint density at radius 2 is 1.75 bits per heavy atom. The van der Waals surface area contributed by atoms with Crippen LogP contribution in [-0.2, 0) is 11.2 Å². The molecular weight excluding hydrogens is 200 g/mol. The van der Waals surface area contributed by atoms with E-state index in [-0.39, 0.29) is 5.97 Å². The Kier molecular flexibility index (Phi) is 2.00. The molecule has 78 valence electrons. The van der Waals surface area contributed by atoms with Crippen molar-refractivity contribution in [3.05, 3.63) is 54.1 Å². The summed E-state index contributed by atoms with van der Waals surface area (Å²) in [7, 11) is 0. The van der Waals surface area contributed by atoms with Crippen molar-refractivity contribution >= 4 is 5.97 Å². The Hall–Kier alpha value is -2.09. The third kappa shape index (κ3) is 1.39. The molecule has 3 rings (SSSR count). The molecule has 0 aliphatic carbocycles. The Bertz CT molecular complexity index is 544. The summed E-state index contributed by atoms with van der Waals surface area (Å²) in [5.41, 5.74) is 3.21. The van der Waals surface area contributed by atoms with E-state index < -0.39 is 0 Å². The van der Waals surface area contributed by atoms with Gasteiger partial charge in [-0.3, -0.25) is 4.79 Å². The largest absolute Gasteiger partial charge is 0.426 e. The topological polar surface area (TPSA) is 26.3 Å². The first-order chi connectivity index (χ1) is 7.84. The number of hydrogen-bond donors (Lipinski definition) is 0. The van der Waals surface area contributed by atoms with Gasteiger partial charge in [-0.15, -0.1) is 0 Å². The van der Waals surface area contributed by atoms with Crippen LogP contribution in [0.4, 0.5) is 0 Å². The van der Waals surface area contributed by atoms with E-state index in [1.165, 1.54) is 0 Å². The van der Waals surface area contributed by atoms with Crippen molar-refractivity contribution in [2.45, 2.75) is 6.42 Å². The zero-order valence-corrected chi connectivity index (χ0v) is 8.64. The first kappa shape index (κ1) is 9.16. The van der Waals surface area contributed by atoms with Gasteiger partial charge in [-0.2, -0.15) is 0 Å². The molecule has 1 aliphatic rings. The first-order valence-corrected chi connectivity index (χ1v) is 5.22. The third-order valence-corrected chi connectivity index (χ3v) is 2.76. The number of carbonyl (C=O) groups excluding carboxylic acids is 1. The molecule has 0 bridgehead atoms. The summed E-state index contributed by atoms with van der Waals surface area (Å²) < 4.78 is 5.13. The van der Waals surface area contributed by atoms with Crippen LogP contribution >= 0.6 is 0 Å². The van der Waals surface area contributed by atoms with E-state index in [9.17, 15) is 4.79 Å². The summed E-state index contributed by atoms with van der Waals surface area (Å²) in [4.78, 5) is 11.3. The molecule has 0 unspecified atom stereocenters. The van der Waals surface area contributed by atoms with E-state index in [0.717, 1.165) is 16.7 Å². The number of benzene rings is 2. The standard InChI is InChI=1S/C14H10O2/c15-14-9-12-11(7-4-8-13(12)16-14)10-5-2-1-3-6-10/h1-8H,9H2. The maximum absolute atomic E-state index is 11.3. The molecule has 1 heterocycles. The molecule has 0 spiro atoms. The van der Waals surface area contributed by atoms with Crippen LogP contribution in [0.3, 0.4) is 0 Å². The van der Waals surface area contributed by atoms with Gasteiger partial charge in [-0.25, -0.2) is 0 Å². The molecule has 0 saturated carbocycles. The summed E-state index contributed by atoms with van der Waals surface area (Å²) in [5.74, 6) is 0.532. The van der Waals surface area contributed by atoms with E-state index in [0.29, 0.717) is 12.2 Å². The predicted octanol–water partition coefficient (Wildman–Crippen LogP) is 2.82. The lowest BCUT2D eigenvalue weighted by atomic mass is 9.98. The van der Waals surface area contributed by atoms with Crippen LogP contribution in [0.5, 0.6) is 5.75 Å². The number of carbonyl (C=O) groups is 1. The molecule has 2 aromatic rings. The number of hydrogen-bond acceptors (Lipinski definition) is 2. The summed E-state index contributed by atoms with van der Waals surface area (Å²) >= 11 is 0. The highest BCUT2D eigenvalue weighted by atomic mass is 16.5. The maximum atomic E-state index is 11.3. The van der Waals surface area contributed by atoms with Gasteiger partial charge in [0.2, 0.25) is 0 Å². The second-order valence-electron chi connectivity index (χ2n) is 3.80. The van der Waals surface area contributed by atoms with Crippen LogP contribution in [0.2, 0.25) is 0 Å². The van der Waals surface area contributed by atoms with Crippen molar-refractivity contribution in [2.75, 3.05) is 0 Å². The van der Waals surface area contributed by atoms with Gasteiger partial charge < -0.3 is 4.74 Å². The summed E-state index contributed by atoms with van der Waals surface area (Å²) in [5, 5.41) is 0. The van der Waals surface area contributed by atoms with E-state index in [1.54, 1.807) is 0 Å². The van der Waals surface area contributed by atoms with Gasteiger partial charge in [-0.1, -0.05) is 42.5 Å². The molecule has 2 heteroatoms. The van der Waals surface area contributed by atoms with Crippen LogP contribution in [-0.4, -0.2) is 5.97 Å². The fraction of sp³-hybridized carbons (Fsp3) is 0.0714.